The van der Waals surface area contributed by atoms with Gasteiger partial charge in [-0.05, 0) is 20.0 Å². The number of likely N-dealkylation sites (N-methyl/N-ethyl adjacent to an activating group) is 1. The average molecular weight is 174 g/mol. The fourth-order valence-electron chi connectivity index (χ4n) is 1.47. The van der Waals surface area contributed by atoms with E-state index in [4.69, 9.17) is 15.6 Å². The Morgan fingerprint density at radius 2 is 2.42 bits per heavy atom. The molecule has 3 N–H and O–H groups in total. The third-order valence-corrected chi connectivity index (χ3v) is 2.24. The molecule has 0 saturated carbocycles. The molecule has 1 fully saturated rings. The molecular formula is C8H18N2O2. The maximum absolute atomic E-state index is 8.57. The highest BCUT2D eigenvalue weighted by atomic mass is 16.5. The first-order valence-electron chi connectivity index (χ1n) is 4.40. The van der Waals surface area contributed by atoms with E-state index in [2.05, 4.69) is 11.9 Å². The van der Waals surface area contributed by atoms with E-state index in [1.54, 1.807) is 0 Å². The van der Waals surface area contributed by atoms with Crippen LogP contribution in [0.4, 0.5) is 0 Å². The predicted molar refractivity (Wildman–Crippen MR) is 46.9 cm³/mol. The molecule has 4 nitrogen and oxygen atoms in total. The molecule has 0 spiro atoms. The van der Waals surface area contributed by atoms with Gasteiger partial charge in [0, 0.05) is 12.6 Å². The van der Waals surface area contributed by atoms with Gasteiger partial charge in [0.05, 0.1) is 19.3 Å². The van der Waals surface area contributed by atoms with E-state index in [1.807, 2.05) is 0 Å². The Morgan fingerprint density at radius 3 is 3.08 bits per heavy atom. The molecule has 4 heteroatoms. The third-order valence-electron chi connectivity index (χ3n) is 2.24. The summed E-state index contributed by atoms with van der Waals surface area (Å²) >= 11 is 0. The average Bonchev–Trinajstić information content (AvgIpc) is 2.07. The van der Waals surface area contributed by atoms with Crippen LogP contribution in [0, 0.1) is 0 Å². The summed E-state index contributed by atoms with van der Waals surface area (Å²) in [7, 11) is 2.06. The van der Waals surface area contributed by atoms with E-state index >= 15 is 0 Å². The number of nitrogens with zero attached hydrogens (tertiary/aromatic N) is 1. The van der Waals surface area contributed by atoms with Gasteiger partial charge in [-0.25, -0.2) is 0 Å². The quantitative estimate of drug-likeness (QED) is 0.578. The number of nitrogens with two attached hydrogens (primary N) is 1. The van der Waals surface area contributed by atoms with Crippen LogP contribution in [-0.2, 0) is 4.74 Å². The van der Waals surface area contributed by atoms with Gasteiger partial charge >= 0.3 is 0 Å². The van der Waals surface area contributed by atoms with Crippen molar-refractivity contribution in [3.63, 3.8) is 0 Å². The molecule has 2 atom stereocenters. The second-order valence-electron chi connectivity index (χ2n) is 3.35. The maximum Gasteiger partial charge on any atom is 0.0854 e. The van der Waals surface area contributed by atoms with Crippen molar-refractivity contribution >= 4 is 0 Å². The molecule has 1 heterocycles. The van der Waals surface area contributed by atoms with E-state index in [0.717, 1.165) is 19.5 Å². The zero-order valence-corrected chi connectivity index (χ0v) is 7.57. The summed E-state index contributed by atoms with van der Waals surface area (Å²) in [6.45, 7) is 2.39. The van der Waals surface area contributed by atoms with Crippen LogP contribution in [0.25, 0.3) is 0 Å². The van der Waals surface area contributed by atoms with Crippen LogP contribution in [0.2, 0.25) is 0 Å². The van der Waals surface area contributed by atoms with Gasteiger partial charge in [0.1, 0.15) is 0 Å². The minimum Gasteiger partial charge on any atom is -0.394 e. The van der Waals surface area contributed by atoms with E-state index in [1.165, 1.54) is 0 Å². The van der Waals surface area contributed by atoms with Gasteiger partial charge in [-0.1, -0.05) is 0 Å². The van der Waals surface area contributed by atoms with Crippen molar-refractivity contribution in [2.24, 2.45) is 5.73 Å². The Kier molecular flexibility index (Phi) is 3.94. The van der Waals surface area contributed by atoms with E-state index < -0.39 is 0 Å². The van der Waals surface area contributed by atoms with Crippen molar-refractivity contribution in [2.45, 2.75) is 18.6 Å². The van der Waals surface area contributed by atoms with Crippen LogP contribution < -0.4 is 5.73 Å². The van der Waals surface area contributed by atoms with Crippen molar-refractivity contribution in [1.29, 1.82) is 0 Å². The largest absolute Gasteiger partial charge is 0.394 e. The van der Waals surface area contributed by atoms with Crippen LogP contribution in [-0.4, -0.2) is 55.5 Å². The molecule has 0 aromatic rings. The standard InChI is InChI=1S/C8H18N2O2/c1-10-3-2-7(9)8(6-10)12-5-4-11/h7-8,11H,2-6,9H2,1H3/t7-,8+/m0/s1. The highest BCUT2D eigenvalue weighted by Gasteiger charge is 2.24. The Morgan fingerprint density at radius 1 is 1.67 bits per heavy atom. The predicted octanol–water partition coefficient (Wildman–Crippen LogP) is -0.973. The number of piperidine rings is 1. The minimum atomic E-state index is 0.0763. The van der Waals surface area contributed by atoms with Crippen LogP contribution in [0.5, 0.6) is 0 Å². The molecule has 72 valence electrons. The number of hydrogen-bond acceptors (Lipinski definition) is 4. The maximum atomic E-state index is 8.57. The molecular weight excluding hydrogens is 156 g/mol. The lowest BCUT2D eigenvalue weighted by Gasteiger charge is -2.34. The molecule has 0 amide bonds. The first-order chi connectivity index (χ1) is 5.74. The van der Waals surface area contributed by atoms with E-state index in [0.29, 0.717) is 6.61 Å². The summed E-state index contributed by atoms with van der Waals surface area (Å²) in [6.07, 6.45) is 1.07. The second-order valence-corrected chi connectivity index (χ2v) is 3.35. The van der Waals surface area contributed by atoms with Crippen LogP contribution in [0.3, 0.4) is 0 Å². The number of ether oxygens (including phenoxy) is 1. The lowest BCUT2D eigenvalue weighted by Crippen LogP contribution is -2.50. The number of rotatable bonds is 3. The van der Waals surface area contributed by atoms with Gasteiger partial charge < -0.3 is 20.5 Å². The van der Waals surface area contributed by atoms with E-state index in [-0.39, 0.29) is 18.8 Å². The van der Waals surface area contributed by atoms with Crippen LogP contribution in [0.15, 0.2) is 0 Å². The normalized spacial score (nSPS) is 32.2. The Balaban J connectivity index is 2.28. The molecule has 0 aromatic carbocycles. The van der Waals surface area contributed by atoms with Crippen molar-refractivity contribution in [3.05, 3.63) is 0 Å². The van der Waals surface area contributed by atoms with Gasteiger partial charge in [0.15, 0.2) is 0 Å². The van der Waals surface area contributed by atoms with Crippen LogP contribution >= 0.6 is 0 Å². The SMILES string of the molecule is CN1CC[C@H](N)[C@H](OCCO)C1. The monoisotopic (exact) mass is 174 g/mol. The molecule has 12 heavy (non-hydrogen) atoms. The second kappa shape index (κ2) is 4.77. The summed E-state index contributed by atoms with van der Waals surface area (Å²) in [5.41, 5.74) is 5.85. The Hall–Kier alpha value is -0.160. The van der Waals surface area contributed by atoms with Crippen molar-refractivity contribution < 1.29 is 9.84 Å². The lowest BCUT2D eigenvalue weighted by molar-refractivity contribution is -0.0200. The first kappa shape index (κ1) is 9.92. The molecule has 1 saturated heterocycles. The Labute approximate surface area is 73.3 Å². The van der Waals surface area contributed by atoms with Gasteiger partial charge in [-0.3, -0.25) is 0 Å². The molecule has 1 rings (SSSR count). The molecule has 1 aliphatic rings. The zero-order valence-electron chi connectivity index (χ0n) is 7.57. The molecule has 0 bridgehead atoms. The van der Waals surface area contributed by atoms with Gasteiger partial charge in [0.2, 0.25) is 0 Å². The van der Waals surface area contributed by atoms with Crippen molar-refractivity contribution in [3.8, 4) is 0 Å². The number of hydrogen-bond donors (Lipinski definition) is 2. The van der Waals surface area contributed by atoms with Crippen molar-refractivity contribution in [2.75, 3.05) is 33.4 Å². The van der Waals surface area contributed by atoms with Gasteiger partial charge in [-0.15, -0.1) is 0 Å². The summed E-state index contributed by atoms with van der Waals surface area (Å²) < 4.78 is 5.40. The summed E-state index contributed by atoms with van der Waals surface area (Å²) in [4.78, 5) is 2.20. The minimum absolute atomic E-state index is 0.0763. The smallest absolute Gasteiger partial charge is 0.0854 e. The molecule has 1 aliphatic heterocycles. The number of likely N-dealkylation sites (tertiary alicyclic amines) is 1. The summed E-state index contributed by atoms with van der Waals surface area (Å²) in [6, 6.07) is 0.132. The highest BCUT2D eigenvalue weighted by molar-refractivity contribution is 4.82. The fourth-order valence-corrected chi connectivity index (χ4v) is 1.47. The topological polar surface area (TPSA) is 58.7 Å². The first-order valence-corrected chi connectivity index (χ1v) is 4.40. The van der Waals surface area contributed by atoms with Gasteiger partial charge in [-0.2, -0.15) is 0 Å². The zero-order chi connectivity index (χ0) is 8.97. The highest BCUT2D eigenvalue weighted by Crippen LogP contribution is 2.10. The summed E-state index contributed by atoms with van der Waals surface area (Å²) in [5.74, 6) is 0. The van der Waals surface area contributed by atoms with E-state index in [9.17, 15) is 0 Å². The van der Waals surface area contributed by atoms with Gasteiger partial charge in [0.25, 0.3) is 0 Å². The van der Waals surface area contributed by atoms with Crippen LogP contribution in [0.1, 0.15) is 6.42 Å². The number of aliphatic hydroxyl groups is 1. The molecule has 0 aliphatic carbocycles. The number of aliphatic hydroxyl groups excluding tert-OH is 1. The molecule has 0 unspecified atom stereocenters. The lowest BCUT2D eigenvalue weighted by atomic mass is 10.0. The summed E-state index contributed by atoms with van der Waals surface area (Å²) in [5, 5.41) is 8.57. The third kappa shape index (κ3) is 2.71. The fraction of sp³-hybridized carbons (Fsp3) is 1.00. The Bertz CT molecular complexity index is 132. The van der Waals surface area contributed by atoms with Crippen molar-refractivity contribution in [1.82, 2.24) is 4.90 Å². The molecule has 0 aromatic heterocycles. The molecule has 0 radical (unpaired) electrons.